The van der Waals surface area contributed by atoms with Gasteiger partial charge in [-0.15, -0.1) is 0 Å². The van der Waals surface area contributed by atoms with Crippen LogP contribution in [-0.2, 0) is 16.1 Å². The third-order valence-corrected chi connectivity index (χ3v) is 2.60. The molecule has 6 heteroatoms. The Morgan fingerprint density at radius 2 is 2.10 bits per heavy atom. The lowest BCUT2D eigenvalue weighted by molar-refractivity contribution is 0.0143. The Balaban J connectivity index is 2.56. The van der Waals surface area contributed by atoms with Crippen LogP contribution in [-0.4, -0.2) is 37.5 Å². The van der Waals surface area contributed by atoms with Crippen molar-refractivity contribution in [3.05, 3.63) is 29.3 Å². The molecule has 0 fully saturated rings. The summed E-state index contributed by atoms with van der Waals surface area (Å²) in [6.45, 7) is 5.52. The summed E-state index contributed by atoms with van der Waals surface area (Å²) < 4.78 is 16.1. The molecular formula is C14H22N2O4. The lowest BCUT2D eigenvalue weighted by Gasteiger charge is -2.11. The number of methoxy groups -OCH3 is 1. The van der Waals surface area contributed by atoms with Crippen molar-refractivity contribution in [3.63, 3.8) is 0 Å². The van der Waals surface area contributed by atoms with E-state index in [4.69, 9.17) is 25.2 Å². The lowest BCUT2D eigenvalue weighted by Crippen LogP contribution is -2.14. The summed E-state index contributed by atoms with van der Waals surface area (Å²) in [5.41, 5.74) is 7.05. The number of nitrogens with two attached hydrogens (primary N) is 1. The van der Waals surface area contributed by atoms with Gasteiger partial charge >= 0.3 is 0 Å². The molecule has 0 radical (unpaired) electrons. The minimum atomic E-state index is 0.0136. The fraction of sp³-hybridized carbons (Fsp3) is 0.500. The summed E-state index contributed by atoms with van der Waals surface area (Å²) in [5.74, 6) is 0.555. The van der Waals surface area contributed by atoms with E-state index in [-0.39, 0.29) is 11.9 Å². The molecule has 0 bridgehead atoms. The van der Waals surface area contributed by atoms with Gasteiger partial charge in [-0.3, -0.25) is 0 Å². The van der Waals surface area contributed by atoms with Gasteiger partial charge in [-0.25, -0.2) is 0 Å². The first kappa shape index (κ1) is 16.3. The van der Waals surface area contributed by atoms with Crippen LogP contribution in [0.1, 0.15) is 25.0 Å². The van der Waals surface area contributed by atoms with Gasteiger partial charge < -0.3 is 25.2 Å². The molecule has 0 aliphatic heterocycles. The summed E-state index contributed by atoms with van der Waals surface area (Å²) in [5, 5.41) is 11.7. The van der Waals surface area contributed by atoms with Crippen molar-refractivity contribution in [2.75, 3.05) is 20.3 Å². The van der Waals surface area contributed by atoms with Gasteiger partial charge in [0.2, 0.25) is 0 Å². The highest BCUT2D eigenvalue weighted by molar-refractivity contribution is 5.99. The molecule has 0 atom stereocenters. The zero-order valence-electron chi connectivity index (χ0n) is 12.1. The largest absolute Gasteiger partial charge is 0.496 e. The molecule has 0 aliphatic carbocycles. The Bertz CT molecular complexity index is 447. The van der Waals surface area contributed by atoms with E-state index >= 15 is 0 Å². The van der Waals surface area contributed by atoms with Crippen LogP contribution in [0.5, 0.6) is 5.75 Å². The average Bonchev–Trinajstić information content (AvgIpc) is 2.45. The normalized spacial score (nSPS) is 11.9. The fourth-order valence-electron chi connectivity index (χ4n) is 1.62. The minimum Gasteiger partial charge on any atom is -0.496 e. The number of ether oxygens (including phenoxy) is 3. The molecular weight excluding hydrogens is 260 g/mol. The molecule has 0 unspecified atom stereocenters. The van der Waals surface area contributed by atoms with E-state index in [2.05, 4.69) is 5.16 Å². The highest BCUT2D eigenvalue weighted by Crippen LogP contribution is 2.20. The fourth-order valence-corrected chi connectivity index (χ4v) is 1.62. The van der Waals surface area contributed by atoms with Gasteiger partial charge in [-0.1, -0.05) is 11.2 Å². The zero-order valence-corrected chi connectivity index (χ0v) is 12.1. The SMILES string of the molecule is COc1cc(COCCOC(C)C)ccc1/C(N)=N/O. The first-order chi connectivity index (χ1) is 9.58. The monoisotopic (exact) mass is 282 g/mol. The predicted octanol–water partition coefficient (Wildman–Crippen LogP) is 1.73. The maximum absolute atomic E-state index is 8.69. The molecule has 0 spiro atoms. The van der Waals surface area contributed by atoms with Crippen molar-refractivity contribution >= 4 is 5.84 Å². The number of nitrogens with zero attached hydrogens (tertiary/aromatic N) is 1. The van der Waals surface area contributed by atoms with E-state index in [0.29, 0.717) is 31.1 Å². The molecule has 112 valence electrons. The molecule has 6 nitrogen and oxygen atoms in total. The molecule has 1 aromatic carbocycles. The average molecular weight is 282 g/mol. The first-order valence-electron chi connectivity index (χ1n) is 6.42. The van der Waals surface area contributed by atoms with Crippen LogP contribution in [0.15, 0.2) is 23.4 Å². The Morgan fingerprint density at radius 3 is 2.70 bits per heavy atom. The van der Waals surface area contributed by atoms with E-state index in [1.165, 1.54) is 7.11 Å². The van der Waals surface area contributed by atoms with Crippen LogP contribution in [0.25, 0.3) is 0 Å². The summed E-state index contributed by atoms with van der Waals surface area (Å²) in [4.78, 5) is 0. The van der Waals surface area contributed by atoms with Gasteiger partial charge in [-0.05, 0) is 31.5 Å². The van der Waals surface area contributed by atoms with Crippen molar-refractivity contribution in [1.29, 1.82) is 0 Å². The number of amidine groups is 1. The number of benzene rings is 1. The van der Waals surface area contributed by atoms with E-state index in [0.717, 1.165) is 5.56 Å². The van der Waals surface area contributed by atoms with Gasteiger partial charge in [0.15, 0.2) is 5.84 Å². The van der Waals surface area contributed by atoms with Crippen LogP contribution in [0.3, 0.4) is 0 Å². The van der Waals surface area contributed by atoms with Crippen molar-refractivity contribution in [2.45, 2.75) is 26.6 Å². The van der Waals surface area contributed by atoms with Crippen LogP contribution in [0, 0.1) is 0 Å². The Morgan fingerprint density at radius 1 is 1.35 bits per heavy atom. The molecule has 0 saturated carbocycles. The van der Waals surface area contributed by atoms with Crippen molar-refractivity contribution < 1.29 is 19.4 Å². The summed E-state index contributed by atoms with van der Waals surface area (Å²) >= 11 is 0. The molecule has 0 saturated heterocycles. The smallest absolute Gasteiger partial charge is 0.173 e. The third kappa shape index (κ3) is 5.07. The molecule has 20 heavy (non-hydrogen) atoms. The summed E-state index contributed by atoms with van der Waals surface area (Å²) in [6, 6.07) is 5.38. The van der Waals surface area contributed by atoms with E-state index in [9.17, 15) is 0 Å². The van der Waals surface area contributed by atoms with Gasteiger partial charge in [0.05, 0.1) is 38.6 Å². The Labute approximate surface area is 119 Å². The lowest BCUT2D eigenvalue weighted by atomic mass is 10.1. The zero-order chi connectivity index (χ0) is 15.0. The van der Waals surface area contributed by atoms with Crippen molar-refractivity contribution in [1.82, 2.24) is 0 Å². The molecule has 0 aromatic heterocycles. The van der Waals surface area contributed by atoms with Gasteiger partial charge in [0, 0.05) is 0 Å². The van der Waals surface area contributed by atoms with Gasteiger partial charge in [-0.2, -0.15) is 0 Å². The highest BCUT2D eigenvalue weighted by atomic mass is 16.5. The second kappa shape index (κ2) is 8.39. The van der Waals surface area contributed by atoms with Crippen LogP contribution in [0.2, 0.25) is 0 Å². The van der Waals surface area contributed by atoms with E-state index in [1.54, 1.807) is 12.1 Å². The van der Waals surface area contributed by atoms with Crippen LogP contribution < -0.4 is 10.5 Å². The minimum absolute atomic E-state index is 0.0136. The Kier molecular flexibility index (Phi) is 6.83. The summed E-state index contributed by atoms with van der Waals surface area (Å²) in [7, 11) is 1.53. The second-order valence-corrected chi connectivity index (χ2v) is 4.49. The van der Waals surface area contributed by atoms with E-state index in [1.807, 2.05) is 19.9 Å². The molecule has 1 aromatic rings. The summed E-state index contributed by atoms with van der Waals surface area (Å²) in [6.07, 6.45) is 0.207. The predicted molar refractivity (Wildman–Crippen MR) is 76.2 cm³/mol. The maximum atomic E-state index is 8.69. The number of oxime groups is 1. The molecule has 0 aliphatic rings. The standard InChI is InChI=1S/C14H22N2O4/c1-10(2)20-7-6-19-9-11-4-5-12(14(15)16-17)13(8-11)18-3/h4-5,8,10,17H,6-7,9H2,1-3H3,(H2,15,16). The van der Waals surface area contributed by atoms with Gasteiger partial charge in [0.25, 0.3) is 0 Å². The highest BCUT2D eigenvalue weighted by Gasteiger charge is 2.08. The molecule has 3 N–H and O–H groups in total. The molecule has 0 heterocycles. The number of hydrogen-bond donors (Lipinski definition) is 2. The van der Waals surface area contributed by atoms with Crippen molar-refractivity contribution in [3.8, 4) is 5.75 Å². The number of rotatable bonds is 8. The first-order valence-corrected chi connectivity index (χ1v) is 6.42. The maximum Gasteiger partial charge on any atom is 0.173 e. The van der Waals surface area contributed by atoms with Crippen LogP contribution >= 0.6 is 0 Å². The van der Waals surface area contributed by atoms with Crippen molar-refractivity contribution in [2.24, 2.45) is 10.9 Å². The Hall–Kier alpha value is -1.79. The topological polar surface area (TPSA) is 86.3 Å². The van der Waals surface area contributed by atoms with Crippen LogP contribution in [0.4, 0.5) is 0 Å². The number of hydrogen-bond acceptors (Lipinski definition) is 5. The van der Waals surface area contributed by atoms with E-state index < -0.39 is 0 Å². The molecule has 0 amide bonds. The molecule has 1 rings (SSSR count). The van der Waals surface area contributed by atoms with Gasteiger partial charge in [0.1, 0.15) is 5.75 Å². The third-order valence-electron chi connectivity index (χ3n) is 2.60. The second-order valence-electron chi connectivity index (χ2n) is 4.49. The quantitative estimate of drug-likeness (QED) is 0.249.